The Kier molecular flexibility index (Phi) is 2.22. The van der Waals surface area contributed by atoms with Gasteiger partial charge in [-0.05, 0) is 31.2 Å². The third kappa shape index (κ3) is 1.61. The van der Waals surface area contributed by atoms with E-state index in [0.717, 1.165) is 10.9 Å². The summed E-state index contributed by atoms with van der Waals surface area (Å²) in [6, 6.07) is 7.20. The molecule has 0 spiro atoms. The molecule has 0 aliphatic carbocycles. The van der Waals surface area contributed by atoms with Gasteiger partial charge < -0.3 is 0 Å². The molecule has 14 heavy (non-hydrogen) atoms. The molecule has 0 amide bonds. The van der Waals surface area contributed by atoms with Gasteiger partial charge >= 0.3 is 0 Å². The summed E-state index contributed by atoms with van der Waals surface area (Å²) in [5.41, 5.74) is 1.53. The van der Waals surface area contributed by atoms with E-state index in [1.165, 1.54) is 0 Å². The Morgan fingerprint density at radius 2 is 2.14 bits per heavy atom. The minimum Gasteiger partial charge on any atom is -0.295 e. The van der Waals surface area contributed by atoms with Crippen molar-refractivity contribution < 1.29 is 4.79 Å². The third-order valence-electron chi connectivity index (χ3n) is 2.05. The van der Waals surface area contributed by atoms with Crippen molar-refractivity contribution in [2.45, 2.75) is 6.92 Å². The van der Waals surface area contributed by atoms with Crippen LogP contribution in [0.4, 0.5) is 0 Å². The van der Waals surface area contributed by atoms with Gasteiger partial charge in [0.15, 0.2) is 5.78 Å². The predicted molar refractivity (Wildman–Crippen MR) is 56.8 cm³/mol. The van der Waals surface area contributed by atoms with Crippen molar-refractivity contribution in [3.63, 3.8) is 0 Å². The number of halogens is 1. The number of benzene rings is 1. The van der Waals surface area contributed by atoms with E-state index in [0.29, 0.717) is 10.6 Å². The van der Waals surface area contributed by atoms with Crippen LogP contribution in [0.3, 0.4) is 0 Å². The molecule has 2 rings (SSSR count). The molecule has 0 unspecified atom stereocenters. The van der Waals surface area contributed by atoms with E-state index in [9.17, 15) is 4.79 Å². The molecule has 0 bridgehead atoms. The number of pyridine rings is 1. The van der Waals surface area contributed by atoms with E-state index in [4.69, 9.17) is 11.6 Å². The number of rotatable bonds is 1. The molecule has 0 radical (unpaired) electrons. The number of hydrogen-bond donors (Lipinski definition) is 0. The van der Waals surface area contributed by atoms with Gasteiger partial charge in [-0.2, -0.15) is 0 Å². The molecule has 0 atom stereocenters. The van der Waals surface area contributed by atoms with E-state index >= 15 is 0 Å². The lowest BCUT2D eigenvalue weighted by atomic mass is 10.1. The number of nitrogens with zero attached hydrogens (tertiary/aromatic N) is 1. The summed E-state index contributed by atoms with van der Waals surface area (Å²) in [6.07, 6.45) is 1.59. The molecule has 0 N–H and O–H groups in total. The zero-order chi connectivity index (χ0) is 10.1. The first-order valence-electron chi connectivity index (χ1n) is 4.23. The standard InChI is InChI=1S/C11H8ClNO/c1-7(14)8-2-3-11-9(4-8)5-10(12)6-13-11/h2-6H,1H3. The van der Waals surface area contributed by atoms with Gasteiger partial charge in [0, 0.05) is 17.1 Å². The molecule has 70 valence electrons. The molecule has 1 aromatic heterocycles. The minimum absolute atomic E-state index is 0.0480. The number of carbonyl (C=O) groups is 1. The van der Waals surface area contributed by atoms with Crippen LogP contribution in [0.1, 0.15) is 17.3 Å². The maximum Gasteiger partial charge on any atom is 0.159 e. The average Bonchev–Trinajstić information content (AvgIpc) is 2.16. The number of carbonyl (C=O) groups excluding carboxylic acids is 1. The highest BCUT2D eigenvalue weighted by molar-refractivity contribution is 6.31. The minimum atomic E-state index is 0.0480. The average molecular weight is 206 g/mol. The van der Waals surface area contributed by atoms with E-state index < -0.39 is 0 Å². The van der Waals surface area contributed by atoms with Gasteiger partial charge in [0.25, 0.3) is 0 Å². The van der Waals surface area contributed by atoms with Crippen molar-refractivity contribution in [2.24, 2.45) is 0 Å². The fourth-order valence-electron chi connectivity index (χ4n) is 1.32. The number of Topliss-reactive ketones (excluding diaryl/α,β-unsaturated/α-hetero) is 1. The van der Waals surface area contributed by atoms with E-state index in [1.54, 1.807) is 31.3 Å². The SMILES string of the molecule is CC(=O)c1ccc2ncc(Cl)cc2c1. The van der Waals surface area contributed by atoms with Gasteiger partial charge in [0.1, 0.15) is 0 Å². The Bertz CT molecular complexity index is 508. The number of aromatic nitrogens is 1. The molecule has 0 saturated carbocycles. The Morgan fingerprint density at radius 1 is 1.36 bits per heavy atom. The van der Waals surface area contributed by atoms with Crippen LogP contribution >= 0.6 is 11.6 Å². The van der Waals surface area contributed by atoms with Crippen molar-refractivity contribution >= 4 is 28.3 Å². The first-order chi connectivity index (χ1) is 6.66. The Hall–Kier alpha value is -1.41. The highest BCUT2D eigenvalue weighted by Crippen LogP contribution is 2.18. The molecule has 3 heteroatoms. The highest BCUT2D eigenvalue weighted by atomic mass is 35.5. The van der Waals surface area contributed by atoms with Crippen LogP contribution in [-0.2, 0) is 0 Å². The second-order valence-electron chi connectivity index (χ2n) is 3.12. The van der Waals surface area contributed by atoms with Gasteiger partial charge in [0.2, 0.25) is 0 Å². The Balaban J connectivity index is 2.69. The first-order valence-corrected chi connectivity index (χ1v) is 4.61. The fraction of sp³-hybridized carbons (Fsp3) is 0.0909. The van der Waals surface area contributed by atoms with Crippen molar-refractivity contribution in [3.05, 3.63) is 41.0 Å². The van der Waals surface area contributed by atoms with Gasteiger partial charge in [-0.1, -0.05) is 11.6 Å². The second-order valence-corrected chi connectivity index (χ2v) is 3.55. The maximum absolute atomic E-state index is 11.1. The van der Waals surface area contributed by atoms with Gasteiger partial charge in [0.05, 0.1) is 10.5 Å². The molecule has 0 fully saturated rings. The first kappa shape index (κ1) is 9.16. The summed E-state index contributed by atoms with van der Waals surface area (Å²) >= 11 is 5.80. The lowest BCUT2D eigenvalue weighted by Crippen LogP contribution is -1.91. The van der Waals surface area contributed by atoms with Crippen molar-refractivity contribution in [3.8, 4) is 0 Å². The van der Waals surface area contributed by atoms with Crippen LogP contribution in [-0.4, -0.2) is 10.8 Å². The monoisotopic (exact) mass is 205 g/mol. The normalized spacial score (nSPS) is 10.4. The number of hydrogen-bond acceptors (Lipinski definition) is 2. The fourth-order valence-corrected chi connectivity index (χ4v) is 1.49. The summed E-state index contributed by atoms with van der Waals surface area (Å²) in [7, 11) is 0. The number of ketones is 1. The molecular weight excluding hydrogens is 198 g/mol. The lowest BCUT2D eigenvalue weighted by Gasteiger charge is -1.99. The topological polar surface area (TPSA) is 30.0 Å². The Morgan fingerprint density at radius 3 is 2.86 bits per heavy atom. The van der Waals surface area contributed by atoms with Crippen LogP contribution < -0.4 is 0 Å². The van der Waals surface area contributed by atoms with Crippen molar-refractivity contribution in [1.82, 2.24) is 4.98 Å². The van der Waals surface area contributed by atoms with Crippen LogP contribution in [0.25, 0.3) is 10.9 Å². The summed E-state index contributed by atoms with van der Waals surface area (Å²) in [5, 5.41) is 1.48. The smallest absolute Gasteiger partial charge is 0.159 e. The maximum atomic E-state index is 11.1. The molecule has 2 nitrogen and oxygen atoms in total. The second kappa shape index (κ2) is 3.39. The molecule has 1 aromatic carbocycles. The number of fused-ring (bicyclic) bond motifs is 1. The molecule has 1 heterocycles. The highest BCUT2D eigenvalue weighted by Gasteiger charge is 2.01. The zero-order valence-corrected chi connectivity index (χ0v) is 8.38. The lowest BCUT2D eigenvalue weighted by molar-refractivity contribution is 0.101. The summed E-state index contributed by atoms with van der Waals surface area (Å²) < 4.78 is 0. The van der Waals surface area contributed by atoms with Crippen LogP contribution in [0, 0.1) is 0 Å². The van der Waals surface area contributed by atoms with Crippen LogP contribution in [0.5, 0.6) is 0 Å². The quantitative estimate of drug-likeness (QED) is 0.670. The van der Waals surface area contributed by atoms with Crippen molar-refractivity contribution in [2.75, 3.05) is 0 Å². The van der Waals surface area contributed by atoms with Crippen LogP contribution in [0.15, 0.2) is 30.5 Å². The molecule has 2 aromatic rings. The Labute approximate surface area is 86.5 Å². The van der Waals surface area contributed by atoms with Crippen LogP contribution in [0.2, 0.25) is 5.02 Å². The van der Waals surface area contributed by atoms with E-state index in [1.807, 2.05) is 6.07 Å². The summed E-state index contributed by atoms with van der Waals surface area (Å²) in [5.74, 6) is 0.0480. The van der Waals surface area contributed by atoms with E-state index in [-0.39, 0.29) is 5.78 Å². The molecule has 0 aliphatic rings. The largest absolute Gasteiger partial charge is 0.295 e. The van der Waals surface area contributed by atoms with Crippen molar-refractivity contribution in [1.29, 1.82) is 0 Å². The molecule has 0 aliphatic heterocycles. The van der Waals surface area contributed by atoms with Gasteiger partial charge in [-0.3, -0.25) is 9.78 Å². The zero-order valence-electron chi connectivity index (χ0n) is 7.62. The predicted octanol–water partition coefficient (Wildman–Crippen LogP) is 3.09. The summed E-state index contributed by atoms with van der Waals surface area (Å²) in [4.78, 5) is 15.3. The third-order valence-corrected chi connectivity index (χ3v) is 2.26. The van der Waals surface area contributed by atoms with Gasteiger partial charge in [-0.25, -0.2) is 0 Å². The van der Waals surface area contributed by atoms with Gasteiger partial charge in [-0.15, -0.1) is 0 Å². The van der Waals surface area contributed by atoms with E-state index in [2.05, 4.69) is 4.98 Å². The molecular formula is C11H8ClNO. The summed E-state index contributed by atoms with van der Waals surface area (Å²) in [6.45, 7) is 1.54. The molecule has 0 saturated heterocycles.